The molecule has 1 aromatic carbocycles. The molecule has 4 atom stereocenters. The Bertz CT molecular complexity index is 732. The number of anilines is 1. The summed E-state index contributed by atoms with van der Waals surface area (Å²) in [6.45, 7) is 3.58. The maximum Gasteiger partial charge on any atom is 0.338 e. The van der Waals surface area contributed by atoms with E-state index in [0.29, 0.717) is 11.3 Å². The fourth-order valence-electron chi connectivity index (χ4n) is 4.36. The lowest BCUT2D eigenvalue weighted by Gasteiger charge is -2.38. The summed E-state index contributed by atoms with van der Waals surface area (Å²) in [5.41, 5.74) is 0.945. The van der Waals surface area contributed by atoms with E-state index >= 15 is 0 Å². The van der Waals surface area contributed by atoms with Gasteiger partial charge in [-0.05, 0) is 62.8 Å². The van der Waals surface area contributed by atoms with Crippen LogP contribution in [0.5, 0.6) is 0 Å². The van der Waals surface area contributed by atoms with E-state index in [2.05, 4.69) is 12.2 Å². The van der Waals surface area contributed by atoms with Crippen molar-refractivity contribution in [3.8, 4) is 0 Å². The molecule has 4 aliphatic rings. The Balaban J connectivity index is 1.59. The SMILES string of the molecule is CC(C)OC(=O)c1ccc(N2C(=O)[C@@H]3[C@H](C2=O)[C@H]2C=C[C@H]3CC2)cc1. The molecular formula is C20H21NO4. The minimum atomic E-state index is -0.406. The highest BCUT2D eigenvalue weighted by molar-refractivity contribution is 6.22. The number of nitrogens with zero attached hydrogens (tertiary/aromatic N) is 1. The van der Waals surface area contributed by atoms with Crippen LogP contribution < -0.4 is 4.90 Å². The van der Waals surface area contributed by atoms with Crippen LogP contribution in [0.4, 0.5) is 5.69 Å². The second-order valence-corrected chi connectivity index (χ2v) is 7.35. The van der Waals surface area contributed by atoms with Gasteiger partial charge >= 0.3 is 5.97 Å². The molecular weight excluding hydrogens is 318 g/mol. The Hall–Kier alpha value is -2.43. The second kappa shape index (κ2) is 5.83. The first kappa shape index (κ1) is 16.1. The molecule has 1 heterocycles. The van der Waals surface area contributed by atoms with Crippen molar-refractivity contribution in [1.82, 2.24) is 0 Å². The first-order chi connectivity index (χ1) is 12.0. The molecule has 3 aliphatic carbocycles. The molecule has 5 rings (SSSR count). The van der Waals surface area contributed by atoms with E-state index in [1.54, 1.807) is 38.1 Å². The summed E-state index contributed by atoms with van der Waals surface area (Å²) in [6, 6.07) is 6.52. The Labute approximate surface area is 146 Å². The average molecular weight is 339 g/mol. The van der Waals surface area contributed by atoms with Gasteiger partial charge in [0.25, 0.3) is 0 Å². The third kappa shape index (κ3) is 2.49. The summed E-state index contributed by atoms with van der Waals surface area (Å²) >= 11 is 0. The van der Waals surface area contributed by atoms with Crippen LogP contribution in [0.15, 0.2) is 36.4 Å². The summed E-state index contributed by atoms with van der Waals surface area (Å²) in [6.07, 6.45) is 5.98. The molecule has 25 heavy (non-hydrogen) atoms. The van der Waals surface area contributed by atoms with Gasteiger partial charge in [-0.3, -0.25) is 14.5 Å². The van der Waals surface area contributed by atoms with Crippen LogP contribution in [-0.2, 0) is 14.3 Å². The van der Waals surface area contributed by atoms with Crippen LogP contribution in [0.1, 0.15) is 37.0 Å². The van der Waals surface area contributed by atoms with Crippen LogP contribution in [0.25, 0.3) is 0 Å². The fraction of sp³-hybridized carbons (Fsp3) is 0.450. The molecule has 0 spiro atoms. The summed E-state index contributed by atoms with van der Waals surface area (Å²) in [5, 5.41) is 0. The number of hydrogen-bond acceptors (Lipinski definition) is 4. The highest BCUT2D eigenvalue weighted by Crippen LogP contribution is 2.50. The molecule has 1 saturated carbocycles. The zero-order chi connectivity index (χ0) is 17.7. The number of benzene rings is 1. The summed E-state index contributed by atoms with van der Waals surface area (Å²) in [4.78, 5) is 39.0. The predicted molar refractivity (Wildman–Crippen MR) is 91.8 cm³/mol. The van der Waals surface area contributed by atoms with Crippen molar-refractivity contribution in [3.63, 3.8) is 0 Å². The van der Waals surface area contributed by atoms with Gasteiger partial charge in [0.1, 0.15) is 0 Å². The fourth-order valence-corrected chi connectivity index (χ4v) is 4.36. The van der Waals surface area contributed by atoms with E-state index in [1.807, 2.05) is 0 Å². The quantitative estimate of drug-likeness (QED) is 0.482. The Morgan fingerprint density at radius 1 is 1.00 bits per heavy atom. The van der Waals surface area contributed by atoms with E-state index in [9.17, 15) is 14.4 Å². The number of amides is 2. The van der Waals surface area contributed by atoms with E-state index in [1.165, 1.54) is 4.90 Å². The molecule has 0 radical (unpaired) electrons. The standard InChI is InChI=1S/C20H21NO4/c1-11(2)25-20(24)14-7-9-15(10-8-14)21-18(22)16-12-3-4-13(6-5-12)17(16)19(21)23/h3-4,7-13,16-17H,5-6H2,1-2H3/t12-,13-,16-,17+/m0/s1. The number of ether oxygens (including phenoxy) is 1. The minimum absolute atomic E-state index is 0.105. The number of imide groups is 1. The Kier molecular flexibility index (Phi) is 3.74. The molecule has 1 aliphatic heterocycles. The van der Waals surface area contributed by atoms with Crippen LogP contribution >= 0.6 is 0 Å². The van der Waals surface area contributed by atoms with Gasteiger partial charge in [0.15, 0.2) is 0 Å². The molecule has 0 aromatic heterocycles. The van der Waals surface area contributed by atoms with E-state index in [-0.39, 0.29) is 41.6 Å². The largest absolute Gasteiger partial charge is 0.459 e. The molecule has 1 aromatic rings. The molecule has 2 fully saturated rings. The second-order valence-electron chi connectivity index (χ2n) is 7.35. The van der Waals surface area contributed by atoms with Crippen LogP contribution in [0.2, 0.25) is 0 Å². The van der Waals surface area contributed by atoms with Crippen LogP contribution in [0, 0.1) is 23.7 Å². The maximum atomic E-state index is 12.9. The lowest BCUT2D eigenvalue weighted by Crippen LogP contribution is -2.38. The van der Waals surface area contributed by atoms with Gasteiger partial charge in [0, 0.05) is 0 Å². The summed E-state index contributed by atoms with van der Waals surface area (Å²) in [5.74, 6) is -0.702. The number of rotatable bonds is 3. The summed E-state index contributed by atoms with van der Waals surface area (Å²) in [7, 11) is 0. The van der Waals surface area contributed by atoms with Gasteiger partial charge in [-0.25, -0.2) is 4.79 Å². The highest BCUT2D eigenvalue weighted by atomic mass is 16.5. The van der Waals surface area contributed by atoms with Gasteiger partial charge in [-0.2, -0.15) is 0 Å². The number of esters is 1. The van der Waals surface area contributed by atoms with Crippen molar-refractivity contribution < 1.29 is 19.1 Å². The zero-order valence-corrected chi connectivity index (χ0v) is 14.3. The first-order valence-corrected chi connectivity index (χ1v) is 8.84. The highest BCUT2D eigenvalue weighted by Gasteiger charge is 2.56. The van der Waals surface area contributed by atoms with Crippen molar-refractivity contribution >= 4 is 23.5 Å². The predicted octanol–water partition coefficient (Wildman–Crippen LogP) is 2.95. The van der Waals surface area contributed by atoms with Crippen molar-refractivity contribution in [1.29, 1.82) is 0 Å². The minimum Gasteiger partial charge on any atom is -0.459 e. The average Bonchev–Trinajstić information content (AvgIpc) is 2.89. The number of fused-ring (bicyclic) bond motifs is 1. The lowest BCUT2D eigenvalue weighted by molar-refractivity contribution is -0.124. The van der Waals surface area contributed by atoms with Crippen LogP contribution in [0.3, 0.4) is 0 Å². The van der Waals surface area contributed by atoms with Gasteiger partial charge in [-0.1, -0.05) is 12.2 Å². The number of hydrogen-bond donors (Lipinski definition) is 0. The van der Waals surface area contributed by atoms with Crippen molar-refractivity contribution in [2.24, 2.45) is 23.7 Å². The van der Waals surface area contributed by atoms with E-state index < -0.39 is 5.97 Å². The number of carbonyl (C=O) groups excluding carboxylic acids is 3. The van der Waals surface area contributed by atoms with Crippen molar-refractivity contribution in [3.05, 3.63) is 42.0 Å². The van der Waals surface area contributed by atoms with Gasteiger partial charge in [0.05, 0.1) is 29.2 Å². The third-order valence-electron chi connectivity index (χ3n) is 5.46. The first-order valence-electron chi connectivity index (χ1n) is 8.84. The van der Waals surface area contributed by atoms with Crippen molar-refractivity contribution in [2.45, 2.75) is 32.8 Å². The molecule has 0 unspecified atom stereocenters. The van der Waals surface area contributed by atoms with E-state index in [4.69, 9.17) is 4.74 Å². The Morgan fingerprint density at radius 2 is 1.52 bits per heavy atom. The lowest BCUT2D eigenvalue weighted by atomic mass is 9.63. The van der Waals surface area contributed by atoms with Crippen molar-refractivity contribution in [2.75, 3.05) is 4.90 Å². The van der Waals surface area contributed by atoms with Crippen LogP contribution in [-0.4, -0.2) is 23.9 Å². The van der Waals surface area contributed by atoms with E-state index in [0.717, 1.165) is 12.8 Å². The summed E-state index contributed by atoms with van der Waals surface area (Å²) < 4.78 is 5.16. The smallest absolute Gasteiger partial charge is 0.338 e. The molecule has 130 valence electrons. The molecule has 2 amide bonds. The molecule has 0 N–H and O–H groups in total. The molecule has 5 nitrogen and oxygen atoms in total. The van der Waals surface area contributed by atoms with Gasteiger partial charge in [0.2, 0.25) is 11.8 Å². The number of carbonyl (C=O) groups is 3. The van der Waals surface area contributed by atoms with Gasteiger partial charge < -0.3 is 4.74 Å². The molecule has 2 bridgehead atoms. The monoisotopic (exact) mass is 339 g/mol. The number of allylic oxidation sites excluding steroid dienone is 2. The topological polar surface area (TPSA) is 63.7 Å². The molecule has 1 saturated heterocycles. The normalized spacial score (nSPS) is 30.1. The third-order valence-corrected chi connectivity index (χ3v) is 5.46. The zero-order valence-electron chi connectivity index (χ0n) is 14.3. The Morgan fingerprint density at radius 3 is 1.96 bits per heavy atom. The molecule has 5 heteroatoms. The maximum absolute atomic E-state index is 12.9. The van der Waals surface area contributed by atoms with Gasteiger partial charge in [-0.15, -0.1) is 0 Å².